The Balaban J connectivity index is 0.000000213. The summed E-state index contributed by atoms with van der Waals surface area (Å²) >= 11 is 0. The maximum Gasteiger partial charge on any atom is 0.534 e. The van der Waals surface area contributed by atoms with E-state index < -0.39 is 88.7 Å². The van der Waals surface area contributed by atoms with Crippen LogP contribution in [-0.4, -0.2) is 135 Å². The molecule has 0 saturated heterocycles. The largest absolute Gasteiger partial charge is 0.534 e. The van der Waals surface area contributed by atoms with Gasteiger partial charge in [-0.25, -0.2) is 9.59 Å². The minimum Gasteiger partial charge on any atom is -0.507 e. The fraction of sp³-hybridized carbons (Fsp3) is 0.294. The fourth-order valence-corrected chi connectivity index (χ4v) is 9.17. The highest BCUT2D eigenvalue weighted by Gasteiger charge is 2.51. The summed E-state index contributed by atoms with van der Waals surface area (Å²) in [5.41, 5.74) is -5.17. The average Bonchev–Trinajstić information content (AvgIpc) is 4.04. The van der Waals surface area contributed by atoms with E-state index >= 15 is 0 Å². The van der Waals surface area contributed by atoms with Crippen molar-refractivity contribution in [2.45, 2.75) is 56.9 Å². The molecule has 0 saturated carbocycles. The zero-order valence-electron chi connectivity index (χ0n) is 43.2. The van der Waals surface area contributed by atoms with Gasteiger partial charge in [-0.3, -0.25) is 29.0 Å². The molecule has 0 bridgehead atoms. The minimum atomic E-state index is -6.09. The molecule has 5 aromatic carbocycles. The molecule has 3 aliphatic heterocycles. The molecule has 0 aromatic heterocycles. The van der Waals surface area contributed by atoms with Gasteiger partial charge in [0.2, 0.25) is 0 Å². The molecule has 0 fully saturated rings. The number of amides is 4. The molecule has 6 N–H and O–H groups in total. The van der Waals surface area contributed by atoms with Crippen LogP contribution in [0.5, 0.6) is 40.2 Å². The maximum atomic E-state index is 13.4. The van der Waals surface area contributed by atoms with Gasteiger partial charge in [0, 0.05) is 0 Å². The van der Waals surface area contributed by atoms with Crippen LogP contribution in [0, 0.1) is 0 Å². The second kappa shape index (κ2) is 25.5. The number of alkyl halides is 3. The summed E-state index contributed by atoms with van der Waals surface area (Å²) < 4.78 is 91.6. The van der Waals surface area contributed by atoms with Crippen LogP contribution in [0.4, 0.5) is 13.2 Å². The molecule has 0 unspecified atom stereocenters. The van der Waals surface area contributed by atoms with E-state index in [4.69, 9.17) is 24.1 Å². The summed E-state index contributed by atoms with van der Waals surface area (Å²) in [5.74, 6) is -3.94. The fourth-order valence-electron chi connectivity index (χ4n) is 8.70. The predicted molar refractivity (Wildman–Crippen MR) is 276 cm³/mol. The maximum absolute atomic E-state index is 13.4. The first-order chi connectivity index (χ1) is 37.4. The highest BCUT2D eigenvalue weighted by molar-refractivity contribution is 7.88. The Hall–Kier alpha value is -8.17. The summed E-state index contributed by atoms with van der Waals surface area (Å²) in [5, 5.41) is 43.9. The van der Waals surface area contributed by atoms with E-state index in [0.29, 0.717) is 66.5 Å². The van der Waals surface area contributed by atoms with Crippen LogP contribution >= 0.6 is 0 Å². The number of phenolic OH excluding ortho intramolecular Hbond substituents is 2. The van der Waals surface area contributed by atoms with Crippen LogP contribution in [0.15, 0.2) is 91.0 Å². The van der Waals surface area contributed by atoms with E-state index in [9.17, 15) is 65.5 Å². The Morgan fingerprint density at radius 2 is 0.975 bits per heavy atom. The normalized spacial score (nSPS) is 14.2. The van der Waals surface area contributed by atoms with Crippen LogP contribution in [-0.2, 0) is 14.9 Å². The van der Waals surface area contributed by atoms with Crippen LogP contribution in [0.3, 0.4) is 0 Å². The van der Waals surface area contributed by atoms with Gasteiger partial charge in [-0.1, -0.05) is 30.3 Å². The number of imide groups is 2. The lowest BCUT2D eigenvalue weighted by molar-refractivity contribution is -0.0500. The number of carbonyl (C=O) groups excluding carboxylic acids is 6. The third kappa shape index (κ3) is 13.2. The first-order valence-corrected chi connectivity index (χ1v) is 25.4. The van der Waals surface area contributed by atoms with Gasteiger partial charge >= 0.3 is 41.7 Å². The van der Waals surface area contributed by atoms with Gasteiger partial charge in [-0.15, -0.1) is 0 Å². The number of benzene rings is 5. The van der Waals surface area contributed by atoms with Gasteiger partial charge in [0.15, 0.2) is 28.7 Å². The SMILES string of the molecule is COc1ccc([C@@H](CCCNB(C)O)N2C(=O)c3cccc(O)c3C2=O)cc1OC.COc1ccc([C@@H](CCCNB(C)O)N2C(=O)c3cccc(OS(=O)(=O)C(F)(F)F)c3C2=O)cc1OC.O=C1OC(=O)c2c(O)cccc21. The number of aromatic hydroxyl groups is 2. The first-order valence-electron chi connectivity index (χ1n) is 24.0. The van der Waals surface area contributed by atoms with Crippen molar-refractivity contribution in [3.63, 3.8) is 0 Å². The molecular weight excluding hydrogens is 1070 g/mol. The number of methoxy groups -OCH3 is 4. The highest BCUT2D eigenvalue weighted by Crippen LogP contribution is 2.43. The molecule has 22 nitrogen and oxygen atoms in total. The first kappa shape index (κ1) is 60.1. The standard InChI is InChI=1S/C22H24BF3N2O8S.C21H25BN2O6.C8H4O4/c1-23(31)27-11-5-7-15(13-9-10-16(34-2)18(12-13)35-3)28-20(29)14-6-4-8-17(19(14)21(28)30)36-37(32,33)22(24,25)26;1-22(28)23-11-5-7-15(13-9-10-17(29-2)18(12-13)30-3)24-20(26)14-6-4-8-16(25)19(14)21(24)27;9-5-3-1-2-4-6(5)8(11)12-7(4)10/h4,6,8-10,12,15,27,31H,5,7,11H2,1-3H3;4,6,8-10,12,15,23,25,28H,5,7,11H2,1-3H3;1-3,9H/t2*15-;/m11./s1. The van der Waals surface area contributed by atoms with Crippen molar-refractivity contribution in [1.82, 2.24) is 20.3 Å². The van der Waals surface area contributed by atoms with E-state index in [1.54, 1.807) is 49.3 Å². The van der Waals surface area contributed by atoms with Gasteiger partial charge in [-0.2, -0.15) is 21.6 Å². The van der Waals surface area contributed by atoms with Crippen molar-refractivity contribution in [3.8, 4) is 40.2 Å². The van der Waals surface area contributed by atoms with Crippen LogP contribution in [0.1, 0.15) is 111 Å². The third-order valence-corrected chi connectivity index (χ3v) is 13.3. The summed E-state index contributed by atoms with van der Waals surface area (Å²) in [4.78, 5) is 76.7. The second-order valence-electron chi connectivity index (χ2n) is 17.5. The molecule has 0 spiro atoms. The number of phenols is 2. The zero-order valence-corrected chi connectivity index (χ0v) is 44.0. The van der Waals surface area contributed by atoms with Gasteiger partial charge in [0.05, 0.1) is 68.3 Å². The van der Waals surface area contributed by atoms with Crippen molar-refractivity contribution in [1.29, 1.82) is 0 Å². The molecule has 5 aromatic rings. The van der Waals surface area contributed by atoms with E-state index in [-0.39, 0.29) is 45.7 Å². The molecule has 3 aliphatic rings. The van der Waals surface area contributed by atoms with Crippen molar-refractivity contribution >= 4 is 59.8 Å². The zero-order chi connectivity index (χ0) is 58.1. The Kier molecular flexibility index (Phi) is 19.4. The average molecular weight is 1120 g/mol. The Labute approximate surface area is 451 Å². The number of nitrogens with zero attached hydrogens (tertiary/aromatic N) is 2. The van der Waals surface area contributed by atoms with Gasteiger partial charge < -0.3 is 58.6 Å². The molecule has 79 heavy (non-hydrogen) atoms. The molecule has 0 aliphatic carbocycles. The second-order valence-corrected chi connectivity index (χ2v) is 19.0. The lowest BCUT2D eigenvalue weighted by Gasteiger charge is -2.27. The smallest absolute Gasteiger partial charge is 0.507 e. The van der Waals surface area contributed by atoms with Crippen LogP contribution in [0.2, 0.25) is 13.6 Å². The molecule has 0 radical (unpaired) electrons. The minimum absolute atomic E-state index is 0.0232. The van der Waals surface area contributed by atoms with Crippen molar-refractivity contribution in [2.75, 3.05) is 41.5 Å². The van der Waals surface area contributed by atoms with Gasteiger partial charge in [-0.05, 0) is 124 Å². The number of rotatable bonds is 20. The Morgan fingerprint density at radius 3 is 1.39 bits per heavy atom. The molecule has 8 rings (SSSR count). The van der Waals surface area contributed by atoms with Crippen LogP contribution in [0.25, 0.3) is 0 Å². The number of carbonyl (C=O) groups is 6. The monoisotopic (exact) mass is 1120 g/mol. The summed E-state index contributed by atoms with van der Waals surface area (Å²) in [7, 11) is -1.66. The quantitative estimate of drug-likeness (QED) is 0.0104. The lowest BCUT2D eigenvalue weighted by Crippen LogP contribution is -2.36. The summed E-state index contributed by atoms with van der Waals surface area (Å²) in [6, 6.07) is 20.4. The van der Waals surface area contributed by atoms with Gasteiger partial charge in [0.25, 0.3) is 23.6 Å². The molecule has 4 amide bonds. The summed E-state index contributed by atoms with van der Waals surface area (Å²) in [6.07, 6.45) is 1.63. The number of fused-ring (bicyclic) bond motifs is 3. The number of nitrogens with one attached hydrogen (secondary N) is 2. The number of cyclic esters (lactones) is 2. The van der Waals surface area contributed by atoms with E-state index in [1.807, 2.05) is 0 Å². The van der Waals surface area contributed by atoms with Gasteiger partial charge in [0.1, 0.15) is 17.1 Å². The van der Waals surface area contributed by atoms with E-state index in [1.165, 1.54) is 76.6 Å². The van der Waals surface area contributed by atoms with E-state index in [0.717, 1.165) is 17.0 Å². The number of esters is 2. The molecule has 2 atom stereocenters. The lowest BCUT2D eigenvalue weighted by atomic mass is 9.88. The molecule has 3 heterocycles. The topological polar surface area (TPSA) is 303 Å². The Bertz CT molecular complexity index is 3260. The van der Waals surface area contributed by atoms with Crippen LogP contribution < -0.4 is 33.6 Å². The van der Waals surface area contributed by atoms with Crippen molar-refractivity contribution < 1.29 is 98.5 Å². The third-order valence-electron chi connectivity index (χ3n) is 12.4. The molecule has 418 valence electrons. The number of halogens is 3. The number of hydrogen-bond acceptors (Lipinski definition) is 20. The number of ether oxygens (including phenoxy) is 5. The molecular formula is C51H53B2F3N4O18S. The van der Waals surface area contributed by atoms with Crippen molar-refractivity contribution in [3.05, 3.63) is 136 Å². The predicted octanol–water partition coefficient (Wildman–Crippen LogP) is 5.68. The highest BCUT2D eigenvalue weighted by atomic mass is 32.2. The number of hydrogen-bond donors (Lipinski definition) is 6. The Morgan fingerprint density at radius 1 is 0.557 bits per heavy atom. The molecule has 28 heteroatoms. The van der Waals surface area contributed by atoms with Crippen molar-refractivity contribution in [2.24, 2.45) is 0 Å². The summed E-state index contributed by atoms with van der Waals surface area (Å²) in [6.45, 7) is 3.98. The van der Waals surface area contributed by atoms with E-state index in [2.05, 4.69) is 19.4 Å².